The molecule has 1 aromatic rings. The third-order valence-electron chi connectivity index (χ3n) is 3.27. The van der Waals surface area contributed by atoms with Gasteiger partial charge in [-0.05, 0) is 17.7 Å². The van der Waals surface area contributed by atoms with Crippen LogP contribution in [0.2, 0.25) is 5.02 Å². The first-order valence-corrected chi connectivity index (χ1v) is 8.43. The zero-order valence-electron chi connectivity index (χ0n) is 10.2. The molecule has 0 atom stereocenters. The first-order chi connectivity index (χ1) is 8.69. The number of hydrogen-bond donors (Lipinski definition) is 0. The Labute approximate surface area is 131 Å². The molecule has 5 heteroatoms. The van der Waals surface area contributed by atoms with Crippen LogP contribution in [0.15, 0.2) is 22.7 Å². The van der Waals surface area contributed by atoms with Gasteiger partial charge >= 0.3 is 0 Å². The minimum atomic E-state index is 0.854. The van der Waals surface area contributed by atoms with Gasteiger partial charge in [0.1, 0.15) is 0 Å². The number of hydrogen-bond acceptors (Lipinski definition) is 2. The number of halogens is 3. The highest BCUT2D eigenvalue weighted by atomic mass is 79.9. The second-order valence-electron chi connectivity index (χ2n) is 4.54. The lowest BCUT2D eigenvalue weighted by molar-refractivity contribution is 0.133. The maximum Gasteiger partial charge on any atom is 0.0462 e. The predicted octanol–water partition coefficient (Wildman–Crippen LogP) is 3.62. The minimum Gasteiger partial charge on any atom is -0.300 e. The minimum absolute atomic E-state index is 0.854. The van der Waals surface area contributed by atoms with Crippen molar-refractivity contribution in [2.45, 2.75) is 6.54 Å². The van der Waals surface area contributed by atoms with Crippen LogP contribution in [0.1, 0.15) is 5.56 Å². The molecule has 0 aliphatic carbocycles. The van der Waals surface area contributed by atoms with Crippen LogP contribution < -0.4 is 0 Å². The van der Waals surface area contributed by atoms with Crippen molar-refractivity contribution in [1.82, 2.24) is 9.80 Å². The van der Waals surface area contributed by atoms with Gasteiger partial charge in [0, 0.05) is 54.1 Å². The molecular formula is C13H17Br2ClN2. The summed E-state index contributed by atoms with van der Waals surface area (Å²) in [6.07, 6.45) is 0. The number of piperazine rings is 1. The Bertz CT molecular complexity index is 393. The zero-order chi connectivity index (χ0) is 13.0. The molecule has 0 radical (unpaired) electrons. The Kier molecular flexibility index (Phi) is 5.96. The lowest BCUT2D eigenvalue weighted by atomic mass is 10.2. The van der Waals surface area contributed by atoms with Gasteiger partial charge < -0.3 is 0 Å². The second-order valence-corrected chi connectivity index (χ2v) is 6.66. The molecule has 2 nitrogen and oxygen atoms in total. The summed E-state index contributed by atoms with van der Waals surface area (Å²) in [7, 11) is 0. The molecular weight excluding hydrogens is 379 g/mol. The fraction of sp³-hybridized carbons (Fsp3) is 0.538. The highest BCUT2D eigenvalue weighted by Crippen LogP contribution is 2.23. The van der Waals surface area contributed by atoms with Crippen LogP contribution in [0.3, 0.4) is 0 Å². The van der Waals surface area contributed by atoms with Crippen molar-refractivity contribution in [1.29, 1.82) is 0 Å². The van der Waals surface area contributed by atoms with E-state index in [0.29, 0.717) is 0 Å². The molecule has 0 spiro atoms. The Morgan fingerprint density at radius 2 is 1.78 bits per heavy atom. The van der Waals surface area contributed by atoms with Crippen molar-refractivity contribution in [3.8, 4) is 0 Å². The van der Waals surface area contributed by atoms with E-state index in [0.717, 1.165) is 54.1 Å². The molecule has 1 fully saturated rings. The van der Waals surface area contributed by atoms with E-state index in [1.165, 1.54) is 5.56 Å². The maximum absolute atomic E-state index is 6.25. The standard InChI is InChI=1S/C13H17Br2ClN2/c14-3-4-17-5-7-18(8-6-17)10-11-1-2-12(15)9-13(11)16/h1-2,9H,3-8,10H2. The van der Waals surface area contributed by atoms with Gasteiger partial charge in [-0.25, -0.2) is 0 Å². The summed E-state index contributed by atoms with van der Waals surface area (Å²) >= 11 is 13.2. The van der Waals surface area contributed by atoms with Gasteiger partial charge in [-0.3, -0.25) is 9.80 Å². The van der Waals surface area contributed by atoms with E-state index in [1.807, 2.05) is 6.07 Å². The molecule has 1 aromatic carbocycles. The quantitative estimate of drug-likeness (QED) is 0.718. The first kappa shape index (κ1) is 14.8. The van der Waals surface area contributed by atoms with Gasteiger partial charge in [-0.2, -0.15) is 0 Å². The molecule has 0 saturated carbocycles. The highest BCUT2D eigenvalue weighted by molar-refractivity contribution is 9.10. The second kappa shape index (κ2) is 7.25. The fourth-order valence-electron chi connectivity index (χ4n) is 2.18. The predicted molar refractivity (Wildman–Crippen MR) is 84.7 cm³/mol. The Hall–Kier alpha value is 0.390. The van der Waals surface area contributed by atoms with Gasteiger partial charge in [-0.1, -0.05) is 49.5 Å². The Balaban J connectivity index is 1.87. The first-order valence-electron chi connectivity index (χ1n) is 6.13. The van der Waals surface area contributed by atoms with Crippen LogP contribution in [-0.2, 0) is 6.54 Å². The van der Waals surface area contributed by atoms with Crippen LogP contribution in [-0.4, -0.2) is 47.9 Å². The summed E-state index contributed by atoms with van der Waals surface area (Å²) in [5.74, 6) is 0. The molecule has 1 aliphatic rings. The lowest BCUT2D eigenvalue weighted by Crippen LogP contribution is -2.46. The molecule has 100 valence electrons. The summed E-state index contributed by atoms with van der Waals surface area (Å²) in [5, 5.41) is 1.91. The van der Waals surface area contributed by atoms with E-state index < -0.39 is 0 Å². The number of rotatable bonds is 4. The van der Waals surface area contributed by atoms with Crippen LogP contribution in [0.25, 0.3) is 0 Å². The number of benzene rings is 1. The monoisotopic (exact) mass is 394 g/mol. The summed E-state index contributed by atoms with van der Waals surface area (Å²) in [4.78, 5) is 4.97. The van der Waals surface area contributed by atoms with E-state index in [9.17, 15) is 0 Å². The van der Waals surface area contributed by atoms with Crippen LogP contribution in [0.4, 0.5) is 0 Å². The SMILES string of the molecule is Clc1cc(Br)ccc1CN1CCN(CCBr)CC1. The van der Waals surface area contributed by atoms with Crippen molar-refractivity contribution in [2.75, 3.05) is 38.1 Å². The molecule has 0 bridgehead atoms. The average Bonchev–Trinajstić information content (AvgIpc) is 2.35. The third kappa shape index (κ3) is 4.20. The number of alkyl halides is 1. The third-order valence-corrected chi connectivity index (χ3v) is 4.47. The topological polar surface area (TPSA) is 6.48 Å². The lowest BCUT2D eigenvalue weighted by Gasteiger charge is -2.34. The van der Waals surface area contributed by atoms with E-state index in [2.05, 4.69) is 53.8 Å². The fourth-order valence-corrected chi connectivity index (χ4v) is 3.42. The van der Waals surface area contributed by atoms with E-state index in [4.69, 9.17) is 11.6 Å². The molecule has 1 heterocycles. The number of nitrogens with zero attached hydrogens (tertiary/aromatic N) is 2. The van der Waals surface area contributed by atoms with Gasteiger partial charge in [0.2, 0.25) is 0 Å². The van der Waals surface area contributed by atoms with Gasteiger partial charge in [-0.15, -0.1) is 0 Å². The average molecular weight is 397 g/mol. The molecule has 0 unspecified atom stereocenters. The molecule has 2 rings (SSSR count). The van der Waals surface area contributed by atoms with E-state index in [1.54, 1.807) is 0 Å². The van der Waals surface area contributed by atoms with Crippen LogP contribution >= 0.6 is 43.5 Å². The van der Waals surface area contributed by atoms with Crippen molar-refractivity contribution in [3.05, 3.63) is 33.3 Å². The van der Waals surface area contributed by atoms with Crippen molar-refractivity contribution < 1.29 is 0 Å². The normalized spacial score (nSPS) is 18.2. The smallest absolute Gasteiger partial charge is 0.0462 e. The van der Waals surface area contributed by atoms with E-state index >= 15 is 0 Å². The van der Waals surface area contributed by atoms with Crippen molar-refractivity contribution >= 4 is 43.5 Å². The highest BCUT2D eigenvalue weighted by Gasteiger charge is 2.17. The molecule has 0 amide bonds. The molecule has 18 heavy (non-hydrogen) atoms. The summed E-state index contributed by atoms with van der Waals surface area (Å²) < 4.78 is 1.04. The summed E-state index contributed by atoms with van der Waals surface area (Å²) in [6.45, 7) is 6.65. The van der Waals surface area contributed by atoms with Gasteiger partial charge in [0.05, 0.1) is 0 Å². The van der Waals surface area contributed by atoms with Crippen LogP contribution in [0.5, 0.6) is 0 Å². The Morgan fingerprint density at radius 3 is 2.39 bits per heavy atom. The summed E-state index contributed by atoms with van der Waals surface area (Å²) in [6, 6.07) is 6.14. The van der Waals surface area contributed by atoms with Crippen LogP contribution in [0, 0.1) is 0 Å². The molecule has 0 N–H and O–H groups in total. The molecule has 1 saturated heterocycles. The largest absolute Gasteiger partial charge is 0.300 e. The van der Waals surface area contributed by atoms with Crippen molar-refractivity contribution in [3.63, 3.8) is 0 Å². The van der Waals surface area contributed by atoms with Gasteiger partial charge in [0.25, 0.3) is 0 Å². The molecule has 0 aromatic heterocycles. The van der Waals surface area contributed by atoms with E-state index in [-0.39, 0.29) is 0 Å². The summed E-state index contributed by atoms with van der Waals surface area (Å²) in [5.41, 5.74) is 1.22. The Morgan fingerprint density at radius 1 is 1.11 bits per heavy atom. The maximum atomic E-state index is 6.25. The van der Waals surface area contributed by atoms with Crippen molar-refractivity contribution in [2.24, 2.45) is 0 Å². The zero-order valence-corrected chi connectivity index (χ0v) is 14.1. The van der Waals surface area contributed by atoms with Gasteiger partial charge in [0.15, 0.2) is 0 Å². The molecule has 1 aliphatic heterocycles.